The molecule has 0 aromatic heterocycles. The first kappa shape index (κ1) is 24.6. The van der Waals surface area contributed by atoms with Gasteiger partial charge >= 0.3 is 5.97 Å². The molecule has 0 saturated heterocycles. The number of carbonyl (C=O) groups excluding carboxylic acids is 4. The number of halogens is 3. The minimum Gasteiger partial charge on any atom is -0.456 e. The lowest BCUT2D eigenvalue weighted by atomic mass is 10.2. The second kappa shape index (κ2) is 12.3. The molecule has 0 aliphatic carbocycles. The summed E-state index contributed by atoms with van der Waals surface area (Å²) < 4.78 is 5.63. The Morgan fingerprint density at radius 1 is 0.903 bits per heavy atom. The Balaban J connectivity index is 1.62. The summed E-state index contributed by atoms with van der Waals surface area (Å²) in [4.78, 5) is 47.3. The summed E-state index contributed by atoms with van der Waals surface area (Å²) in [6, 6.07) is 11.3. The summed E-state index contributed by atoms with van der Waals surface area (Å²) in [6.45, 7) is -0.481. The molecular formula is C20H18BrCl2N3O5. The number of amides is 3. The summed E-state index contributed by atoms with van der Waals surface area (Å²) in [7, 11) is 0. The Morgan fingerprint density at radius 3 is 2.35 bits per heavy atom. The molecule has 3 N–H and O–H groups in total. The topological polar surface area (TPSA) is 114 Å². The van der Waals surface area contributed by atoms with Crippen LogP contribution in [0.25, 0.3) is 0 Å². The number of esters is 1. The van der Waals surface area contributed by atoms with Gasteiger partial charge in [-0.15, -0.1) is 0 Å². The number of anilines is 1. The average Bonchev–Trinajstić information content (AvgIpc) is 2.73. The molecule has 0 aliphatic rings. The fraction of sp³-hybridized carbons (Fsp3) is 0.200. The zero-order chi connectivity index (χ0) is 22.8. The molecule has 0 unspecified atom stereocenters. The van der Waals surface area contributed by atoms with E-state index < -0.39 is 30.3 Å². The van der Waals surface area contributed by atoms with Crippen molar-refractivity contribution in [3.8, 4) is 0 Å². The predicted octanol–water partition coefficient (Wildman–Crippen LogP) is 3.87. The van der Waals surface area contributed by atoms with Crippen LogP contribution in [0.15, 0.2) is 46.9 Å². The lowest BCUT2D eigenvalue weighted by molar-refractivity contribution is -0.147. The molecule has 0 fully saturated rings. The minimum absolute atomic E-state index is 0.0292. The SMILES string of the molecule is O=C(CCCC(=O)OCC(=O)Nc1ccc(Br)cc1Cl)NNC(=O)c1ccccc1Cl. The number of rotatable bonds is 8. The van der Waals surface area contributed by atoms with Gasteiger partial charge in [0.05, 0.1) is 21.3 Å². The van der Waals surface area contributed by atoms with E-state index in [9.17, 15) is 19.2 Å². The summed E-state index contributed by atoms with van der Waals surface area (Å²) in [5, 5.41) is 3.12. The van der Waals surface area contributed by atoms with E-state index in [1.165, 1.54) is 6.07 Å². The molecule has 0 heterocycles. The van der Waals surface area contributed by atoms with Gasteiger partial charge in [-0.2, -0.15) is 0 Å². The van der Waals surface area contributed by atoms with Crippen LogP contribution in [0.5, 0.6) is 0 Å². The highest BCUT2D eigenvalue weighted by atomic mass is 79.9. The summed E-state index contributed by atoms with van der Waals surface area (Å²) in [6.07, 6.45) is 0.0730. The maximum absolute atomic E-state index is 11.9. The van der Waals surface area contributed by atoms with Crippen molar-refractivity contribution in [2.45, 2.75) is 19.3 Å². The molecule has 0 atom stereocenters. The van der Waals surface area contributed by atoms with E-state index in [4.69, 9.17) is 27.9 Å². The van der Waals surface area contributed by atoms with Gasteiger partial charge in [0.15, 0.2) is 6.61 Å². The number of ether oxygens (including phenoxy) is 1. The van der Waals surface area contributed by atoms with Crippen LogP contribution in [0.2, 0.25) is 10.0 Å². The van der Waals surface area contributed by atoms with Crippen LogP contribution >= 0.6 is 39.1 Å². The highest BCUT2D eigenvalue weighted by Gasteiger charge is 2.13. The van der Waals surface area contributed by atoms with Crippen LogP contribution in [-0.2, 0) is 19.1 Å². The molecule has 0 spiro atoms. The molecule has 0 radical (unpaired) electrons. The summed E-state index contributed by atoms with van der Waals surface area (Å²) >= 11 is 15.2. The van der Waals surface area contributed by atoms with E-state index in [1.54, 1.807) is 36.4 Å². The molecule has 31 heavy (non-hydrogen) atoms. The van der Waals surface area contributed by atoms with Gasteiger partial charge in [-0.05, 0) is 36.8 Å². The fourth-order valence-electron chi connectivity index (χ4n) is 2.29. The highest BCUT2D eigenvalue weighted by molar-refractivity contribution is 9.10. The van der Waals surface area contributed by atoms with Gasteiger partial charge < -0.3 is 10.1 Å². The van der Waals surface area contributed by atoms with Crippen molar-refractivity contribution in [2.24, 2.45) is 0 Å². The van der Waals surface area contributed by atoms with E-state index in [0.717, 1.165) is 4.47 Å². The molecule has 0 bridgehead atoms. The van der Waals surface area contributed by atoms with Gasteiger partial charge in [0.2, 0.25) is 5.91 Å². The molecule has 0 saturated carbocycles. The van der Waals surface area contributed by atoms with E-state index in [-0.39, 0.29) is 29.8 Å². The molecule has 2 rings (SSSR count). The Hall–Kier alpha value is -2.62. The van der Waals surface area contributed by atoms with Gasteiger partial charge in [0.25, 0.3) is 11.8 Å². The van der Waals surface area contributed by atoms with Crippen LogP contribution in [-0.4, -0.2) is 30.3 Å². The first-order chi connectivity index (χ1) is 14.8. The summed E-state index contributed by atoms with van der Waals surface area (Å²) in [5.41, 5.74) is 5.09. The molecule has 11 heteroatoms. The Morgan fingerprint density at radius 2 is 1.65 bits per heavy atom. The molecular weight excluding hydrogens is 513 g/mol. The Kier molecular flexibility index (Phi) is 9.77. The first-order valence-electron chi connectivity index (χ1n) is 9.00. The average molecular weight is 531 g/mol. The van der Waals surface area contributed by atoms with Crippen molar-refractivity contribution in [1.29, 1.82) is 0 Å². The van der Waals surface area contributed by atoms with Gasteiger partial charge in [-0.25, -0.2) is 0 Å². The lowest BCUT2D eigenvalue weighted by Crippen LogP contribution is -2.41. The van der Waals surface area contributed by atoms with Crippen LogP contribution in [0.1, 0.15) is 29.6 Å². The van der Waals surface area contributed by atoms with Crippen molar-refractivity contribution >= 4 is 68.5 Å². The number of carbonyl (C=O) groups is 4. The number of nitrogens with one attached hydrogen (secondary N) is 3. The number of hydrogen-bond acceptors (Lipinski definition) is 5. The zero-order valence-electron chi connectivity index (χ0n) is 16.0. The van der Waals surface area contributed by atoms with Gasteiger partial charge in [-0.3, -0.25) is 30.0 Å². The molecule has 164 valence electrons. The maximum atomic E-state index is 11.9. The summed E-state index contributed by atoms with van der Waals surface area (Å²) in [5.74, 6) is -2.23. The normalized spacial score (nSPS) is 10.2. The van der Waals surface area contributed by atoms with Crippen molar-refractivity contribution < 1.29 is 23.9 Å². The number of hydrazine groups is 1. The van der Waals surface area contributed by atoms with Crippen molar-refractivity contribution in [2.75, 3.05) is 11.9 Å². The molecule has 8 nitrogen and oxygen atoms in total. The molecule has 2 aromatic rings. The van der Waals surface area contributed by atoms with Crippen LogP contribution in [0.4, 0.5) is 5.69 Å². The fourth-order valence-corrected chi connectivity index (χ4v) is 3.23. The van der Waals surface area contributed by atoms with Gasteiger partial charge in [0, 0.05) is 17.3 Å². The largest absolute Gasteiger partial charge is 0.456 e. The van der Waals surface area contributed by atoms with Crippen molar-refractivity contribution in [3.63, 3.8) is 0 Å². The minimum atomic E-state index is -0.634. The number of hydrogen-bond donors (Lipinski definition) is 3. The zero-order valence-corrected chi connectivity index (χ0v) is 19.1. The third-order valence-corrected chi connectivity index (χ3v) is 4.92. The Bertz CT molecular complexity index is 987. The highest BCUT2D eigenvalue weighted by Crippen LogP contribution is 2.25. The standard InChI is InChI=1S/C20H18BrCl2N3O5/c21-12-8-9-16(15(23)10-12)24-18(28)11-31-19(29)7-3-6-17(27)25-26-20(30)13-4-1-2-5-14(13)22/h1-2,4-5,8-10H,3,6-7,11H2,(H,24,28)(H,25,27)(H,26,30). The quantitative estimate of drug-likeness (QED) is 0.354. The van der Waals surface area contributed by atoms with Crippen LogP contribution in [0, 0.1) is 0 Å². The maximum Gasteiger partial charge on any atom is 0.306 e. The van der Waals surface area contributed by atoms with Gasteiger partial charge in [0.1, 0.15) is 0 Å². The van der Waals surface area contributed by atoms with E-state index in [2.05, 4.69) is 32.1 Å². The van der Waals surface area contributed by atoms with Crippen molar-refractivity contribution in [3.05, 3.63) is 62.5 Å². The van der Waals surface area contributed by atoms with E-state index in [0.29, 0.717) is 10.7 Å². The predicted molar refractivity (Wildman–Crippen MR) is 120 cm³/mol. The smallest absolute Gasteiger partial charge is 0.306 e. The molecule has 3 amide bonds. The van der Waals surface area contributed by atoms with E-state index in [1.807, 2.05) is 0 Å². The first-order valence-corrected chi connectivity index (χ1v) is 10.6. The second-order valence-corrected chi connectivity index (χ2v) is 7.90. The third kappa shape index (κ3) is 8.56. The second-order valence-electron chi connectivity index (χ2n) is 6.17. The van der Waals surface area contributed by atoms with E-state index >= 15 is 0 Å². The van der Waals surface area contributed by atoms with Crippen LogP contribution in [0.3, 0.4) is 0 Å². The van der Waals surface area contributed by atoms with Gasteiger partial charge in [-0.1, -0.05) is 51.3 Å². The lowest BCUT2D eigenvalue weighted by Gasteiger charge is -2.09. The Labute approximate surface area is 196 Å². The third-order valence-electron chi connectivity index (χ3n) is 3.79. The number of benzene rings is 2. The molecule has 2 aromatic carbocycles. The van der Waals surface area contributed by atoms with Crippen molar-refractivity contribution in [1.82, 2.24) is 10.9 Å². The molecule has 0 aliphatic heterocycles. The van der Waals surface area contributed by atoms with Crippen LogP contribution < -0.4 is 16.2 Å². The monoisotopic (exact) mass is 529 g/mol.